The number of halogens is 1. The summed E-state index contributed by atoms with van der Waals surface area (Å²) in [6.45, 7) is 4.13. The predicted molar refractivity (Wildman–Crippen MR) is 72.5 cm³/mol. The second-order valence-corrected chi connectivity index (χ2v) is 4.78. The first-order valence-corrected chi connectivity index (χ1v) is 6.19. The highest BCUT2D eigenvalue weighted by molar-refractivity contribution is 9.10. The molecule has 0 aromatic heterocycles. The highest BCUT2D eigenvalue weighted by Crippen LogP contribution is 2.27. The van der Waals surface area contributed by atoms with E-state index in [4.69, 9.17) is 4.74 Å². The van der Waals surface area contributed by atoms with Gasteiger partial charge in [-0.3, -0.25) is 4.79 Å². The fraction of sp³-hybridized carbons (Fsp3) is 0.417. The molecule has 5 heteroatoms. The van der Waals surface area contributed by atoms with Gasteiger partial charge in [-0.1, -0.05) is 0 Å². The van der Waals surface area contributed by atoms with Gasteiger partial charge >= 0.3 is 0 Å². The van der Waals surface area contributed by atoms with Gasteiger partial charge in [-0.25, -0.2) is 0 Å². The predicted octanol–water partition coefficient (Wildman–Crippen LogP) is 2.39. The lowest BCUT2D eigenvalue weighted by atomic mass is 10.3. The molecule has 0 aliphatic rings. The summed E-state index contributed by atoms with van der Waals surface area (Å²) in [5, 5.41) is 5.86. The first-order chi connectivity index (χ1) is 8.02. The van der Waals surface area contributed by atoms with Gasteiger partial charge in [0.25, 0.3) is 0 Å². The Kier molecular flexibility index (Phi) is 5.28. The zero-order chi connectivity index (χ0) is 12.8. The Morgan fingerprint density at radius 2 is 2.18 bits per heavy atom. The summed E-state index contributed by atoms with van der Waals surface area (Å²) in [6, 6.07) is 5.74. The second kappa shape index (κ2) is 6.49. The lowest BCUT2D eigenvalue weighted by Crippen LogP contribution is -2.34. The smallest absolute Gasteiger partial charge is 0.239 e. The Morgan fingerprint density at radius 1 is 1.47 bits per heavy atom. The van der Waals surface area contributed by atoms with Crippen LogP contribution in [0.25, 0.3) is 0 Å². The first-order valence-electron chi connectivity index (χ1n) is 5.39. The molecule has 0 aliphatic carbocycles. The summed E-state index contributed by atoms with van der Waals surface area (Å²) < 4.78 is 5.98. The van der Waals surface area contributed by atoms with Crippen molar-refractivity contribution >= 4 is 27.5 Å². The maximum Gasteiger partial charge on any atom is 0.239 e. The Morgan fingerprint density at radius 3 is 2.71 bits per heavy atom. The monoisotopic (exact) mass is 300 g/mol. The van der Waals surface area contributed by atoms with Crippen molar-refractivity contribution < 1.29 is 9.53 Å². The molecule has 0 saturated carbocycles. The van der Waals surface area contributed by atoms with Crippen molar-refractivity contribution in [3.8, 4) is 5.75 Å². The van der Waals surface area contributed by atoms with Crippen LogP contribution >= 0.6 is 15.9 Å². The molecule has 0 bridgehead atoms. The fourth-order valence-corrected chi connectivity index (χ4v) is 1.87. The van der Waals surface area contributed by atoms with Gasteiger partial charge in [0, 0.05) is 11.7 Å². The van der Waals surface area contributed by atoms with Crippen LogP contribution in [0.4, 0.5) is 5.69 Å². The molecule has 0 spiro atoms. The van der Waals surface area contributed by atoms with Crippen LogP contribution in [0.1, 0.15) is 13.8 Å². The summed E-state index contributed by atoms with van der Waals surface area (Å²) in [7, 11) is 1.61. The number of hydrogen-bond acceptors (Lipinski definition) is 3. The van der Waals surface area contributed by atoms with Crippen molar-refractivity contribution in [1.29, 1.82) is 0 Å². The lowest BCUT2D eigenvalue weighted by Gasteiger charge is -2.11. The quantitative estimate of drug-likeness (QED) is 0.878. The highest BCUT2D eigenvalue weighted by atomic mass is 79.9. The summed E-state index contributed by atoms with van der Waals surface area (Å²) in [6.07, 6.45) is 0. The van der Waals surface area contributed by atoms with Crippen molar-refractivity contribution in [2.24, 2.45) is 0 Å². The van der Waals surface area contributed by atoms with Gasteiger partial charge in [0.15, 0.2) is 0 Å². The van der Waals surface area contributed by atoms with Crippen molar-refractivity contribution in [1.82, 2.24) is 5.32 Å². The zero-order valence-electron chi connectivity index (χ0n) is 10.2. The third-order valence-corrected chi connectivity index (χ3v) is 2.67. The third kappa shape index (κ3) is 4.65. The Bertz CT molecular complexity index is 394. The average molecular weight is 301 g/mol. The number of carbonyl (C=O) groups is 1. The molecule has 0 radical (unpaired) electrons. The number of methoxy groups -OCH3 is 1. The van der Waals surface area contributed by atoms with E-state index in [1.54, 1.807) is 7.11 Å². The normalized spacial score (nSPS) is 10.2. The van der Waals surface area contributed by atoms with E-state index in [1.165, 1.54) is 0 Å². The van der Waals surface area contributed by atoms with Gasteiger partial charge < -0.3 is 15.4 Å². The number of rotatable bonds is 5. The molecular formula is C12H17BrN2O2. The lowest BCUT2D eigenvalue weighted by molar-refractivity contribution is -0.119. The number of benzene rings is 1. The van der Waals surface area contributed by atoms with Crippen LogP contribution in [0.15, 0.2) is 22.7 Å². The summed E-state index contributed by atoms with van der Waals surface area (Å²) in [5.41, 5.74) is 0.872. The van der Waals surface area contributed by atoms with Crippen LogP contribution in [-0.2, 0) is 4.79 Å². The summed E-state index contributed by atoms with van der Waals surface area (Å²) in [4.78, 5) is 11.4. The van der Waals surface area contributed by atoms with E-state index in [2.05, 4.69) is 26.6 Å². The van der Waals surface area contributed by atoms with Gasteiger partial charge in [-0.15, -0.1) is 0 Å². The second-order valence-electron chi connectivity index (χ2n) is 3.93. The third-order valence-electron chi connectivity index (χ3n) is 2.05. The van der Waals surface area contributed by atoms with Gasteiger partial charge in [0.05, 0.1) is 18.1 Å². The van der Waals surface area contributed by atoms with Crippen LogP contribution in [0.5, 0.6) is 5.75 Å². The first kappa shape index (κ1) is 13.8. The number of anilines is 1. The van der Waals surface area contributed by atoms with Crippen molar-refractivity contribution in [3.63, 3.8) is 0 Å². The Labute approximate surface area is 110 Å². The number of amides is 1. The molecule has 0 aliphatic heterocycles. The molecule has 17 heavy (non-hydrogen) atoms. The molecule has 1 amide bonds. The molecule has 0 atom stereocenters. The van der Waals surface area contributed by atoms with E-state index < -0.39 is 0 Å². The topological polar surface area (TPSA) is 50.4 Å². The molecule has 0 fully saturated rings. The van der Waals surface area contributed by atoms with Crippen LogP contribution < -0.4 is 15.4 Å². The van der Waals surface area contributed by atoms with E-state index in [9.17, 15) is 4.79 Å². The largest absolute Gasteiger partial charge is 0.496 e. The minimum absolute atomic E-state index is 0.0214. The van der Waals surface area contributed by atoms with Crippen LogP contribution in [-0.4, -0.2) is 25.6 Å². The van der Waals surface area contributed by atoms with Crippen LogP contribution in [0, 0.1) is 0 Å². The molecule has 2 N–H and O–H groups in total. The molecule has 1 aromatic rings. The number of ether oxygens (including phenoxy) is 1. The molecule has 4 nitrogen and oxygen atoms in total. The molecule has 0 unspecified atom stereocenters. The van der Waals surface area contributed by atoms with Gasteiger partial charge in [-0.05, 0) is 48.0 Å². The van der Waals surface area contributed by atoms with E-state index in [0.29, 0.717) is 0 Å². The van der Waals surface area contributed by atoms with E-state index >= 15 is 0 Å². The standard InChI is InChI=1S/C12H17BrN2O2/c1-8(2)15-12(16)7-14-9-4-5-11(17-3)10(13)6-9/h4-6,8,14H,7H2,1-3H3,(H,15,16). The molecular weight excluding hydrogens is 284 g/mol. The van der Waals surface area contributed by atoms with Gasteiger partial charge in [0.1, 0.15) is 5.75 Å². The van der Waals surface area contributed by atoms with E-state index in [1.807, 2.05) is 32.0 Å². The van der Waals surface area contributed by atoms with Crippen molar-refractivity contribution in [3.05, 3.63) is 22.7 Å². The fourth-order valence-electron chi connectivity index (χ4n) is 1.33. The molecule has 0 saturated heterocycles. The molecule has 1 aromatic carbocycles. The maximum absolute atomic E-state index is 11.4. The minimum Gasteiger partial charge on any atom is -0.496 e. The summed E-state index contributed by atoms with van der Waals surface area (Å²) >= 11 is 3.39. The number of nitrogens with one attached hydrogen (secondary N) is 2. The number of carbonyl (C=O) groups excluding carboxylic acids is 1. The minimum atomic E-state index is -0.0214. The van der Waals surface area contributed by atoms with Gasteiger partial charge in [-0.2, -0.15) is 0 Å². The molecule has 0 heterocycles. The van der Waals surface area contributed by atoms with Crippen molar-refractivity contribution in [2.75, 3.05) is 19.0 Å². The molecule has 94 valence electrons. The Balaban J connectivity index is 2.52. The van der Waals surface area contributed by atoms with Crippen LogP contribution in [0.3, 0.4) is 0 Å². The average Bonchev–Trinajstić information content (AvgIpc) is 2.25. The highest BCUT2D eigenvalue weighted by Gasteiger charge is 2.04. The van der Waals surface area contributed by atoms with Crippen molar-refractivity contribution in [2.45, 2.75) is 19.9 Å². The maximum atomic E-state index is 11.4. The van der Waals surface area contributed by atoms with E-state index in [-0.39, 0.29) is 18.5 Å². The Hall–Kier alpha value is -1.23. The molecule has 1 rings (SSSR count). The van der Waals surface area contributed by atoms with Gasteiger partial charge in [0.2, 0.25) is 5.91 Å². The SMILES string of the molecule is COc1ccc(NCC(=O)NC(C)C)cc1Br. The van der Waals surface area contributed by atoms with Crippen LogP contribution in [0.2, 0.25) is 0 Å². The number of hydrogen-bond donors (Lipinski definition) is 2. The van der Waals surface area contributed by atoms with E-state index in [0.717, 1.165) is 15.9 Å². The zero-order valence-corrected chi connectivity index (χ0v) is 11.8. The summed E-state index contributed by atoms with van der Waals surface area (Å²) in [5.74, 6) is 0.745.